The number of allylic oxidation sites excluding steroid dienone is 2. The zero-order valence-corrected chi connectivity index (χ0v) is 8.79. The summed E-state index contributed by atoms with van der Waals surface area (Å²) >= 11 is 11.1. The summed E-state index contributed by atoms with van der Waals surface area (Å²) in [6.07, 6.45) is 4.62. The summed E-state index contributed by atoms with van der Waals surface area (Å²) in [6.45, 7) is 2.06. The van der Waals surface area contributed by atoms with Gasteiger partial charge < -0.3 is 0 Å². The molecule has 0 aromatic rings. The van der Waals surface area contributed by atoms with Crippen molar-refractivity contribution in [2.45, 2.75) is 32.6 Å². The zero-order chi connectivity index (χ0) is 9.40. The minimum Gasteiger partial charge on any atom is -0.299 e. The second-order valence-electron chi connectivity index (χ2n) is 2.62. The average Bonchev–Trinajstić information content (AvgIpc) is 2.01. The fourth-order valence-corrected chi connectivity index (χ4v) is 1.30. The lowest BCUT2D eigenvalue weighted by Crippen LogP contribution is -1.97. The molecule has 0 amide bonds. The number of Topliss-reactive ketones (excluding diaryl/α,β-unsaturated/α-hetero) is 1. The molecule has 0 heterocycles. The lowest BCUT2D eigenvalue weighted by atomic mass is 10.1. The maximum Gasteiger partial charge on any atom is 0.138 e. The van der Waals surface area contributed by atoms with Gasteiger partial charge in [0.15, 0.2) is 0 Å². The van der Waals surface area contributed by atoms with Crippen LogP contribution in [0.3, 0.4) is 0 Å². The monoisotopic (exact) mass is 208 g/mol. The van der Waals surface area contributed by atoms with Crippen LogP contribution >= 0.6 is 23.2 Å². The average molecular weight is 209 g/mol. The van der Waals surface area contributed by atoms with Gasteiger partial charge in [-0.2, -0.15) is 0 Å². The first-order valence-electron chi connectivity index (χ1n) is 4.13. The fourth-order valence-electron chi connectivity index (χ4n) is 0.807. The molecule has 0 fully saturated rings. The largest absolute Gasteiger partial charge is 0.299 e. The van der Waals surface area contributed by atoms with E-state index in [2.05, 4.69) is 6.92 Å². The van der Waals surface area contributed by atoms with Gasteiger partial charge in [-0.25, -0.2) is 0 Å². The van der Waals surface area contributed by atoms with Gasteiger partial charge in [0.05, 0.1) is 0 Å². The van der Waals surface area contributed by atoms with Crippen molar-refractivity contribution < 1.29 is 4.79 Å². The molecule has 3 heteroatoms. The summed E-state index contributed by atoms with van der Waals surface area (Å²) in [5, 5.41) is 0.561. The molecule has 0 aliphatic carbocycles. The summed E-state index contributed by atoms with van der Waals surface area (Å²) in [5.41, 5.74) is 0. The lowest BCUT2D eigenvalue weighted by Gasteiger charge is -1.97. The number of hydrogen-bond acceptors (Lipinski definition) is 1. The Morgan fingerprint density at radius 2 is 2.17 bits per heavy atom. The molecule has 0 aromatic heterocycles. The van der Waals surface area contributed by atoms with E-state index in [0.29, 0.717) is 23.8 Å². The molecule has 0 unspecified atom stereocenters. The summed E-state index contributed by atoms with van der Waals surface area (Å²) in [7, 11) is 0. The van der Waals surface area contributed by atoms with Crippen molar-refractivity contribution in [3.8, 4) is 0 Å². The smallest absolute Gasteiger partial charge is 0.138 e. The Morgan fingerprint density at radius 3 is 2.67 bits per heavy atom. The predicted octanol–water partition coefficient (Wildman–Crippen LogP) is 3.50. The van der Waals surface area contributed by atoms with E-state index in [4.69, 9.17) is 23.2 Å². The van der Waals surface area contributed by atoms with E-state index >= 15 is 0 Å². The number of unbranched alkanes of at least 4 members (excludes halogenated alkanes) is 1. The maximum absolute atomic E-state index is 11.1. The van der Waals surface area contributed by atoms with Crippen LogP contribution in [0.5, 0.6) is 0 Å². The van der Waals surface area contributed by atoms with E-state index < -0.39 is 0 Å². The van der Waals surface area contributed by atoms with Crippen molar-refractivity contribution in [1.82, 2.24) is 0 Å². The van der Waals surface area contributed by atoms with Gasteiger partial charge >= 0.3 is 0 Å². The summed E-state index contributed by atoms with van der Waals surface area (Å²) in [4.78, 5) is 11.1. The SMILES string of the molecule is CCCCC(=O)C/C(Cl)=C/CCl. The van der Waals surface area contributed by atoms with Crippen LogP contribution in [0.4, 0.5) is 0 Å². The second kappa shape index (κ2) is 7.63. The van der Waals surface area contributed by atoms with E-state index in [1.54, 1.807) is 6.08 Å². The Bertz CT molecular complexity index is 164. The van der Waals surface area contributed by atoms with Crippen molar-refractivity contribution in [2.75, 3.05) is 5.88 Å². The van der Waals surface area contributed by atoms with Crippen LogP contribution < -0.4 is 0 Å². The Balaban J connectivity index is 3.61. The van der Waals surface area contributed by atoms with E-state index in [9.17, 15) is 4.79 Å². The highest BCUT2D eigenvalue weighted by atomic mass is 35.5. The van der Waals surface area contributed by atoms with Crippen LogP contribution in [0.25, 0.3) is 0 Å². The van der Waals surface area contributed by atoms with Gasteiger partial charge in [-0.15, -0.1) is 11.6 Å². The molecule has 0 aliphatic heterocycles. The van der Waals surface area contributed by atoms with E-state index in [0.717, 1.165) is 12.8 Å². The molecule has 0 atom stereocenters. The highest BCUT2D eigenvalue weighted by Gasteiger charge is 2.02. The van der Waals surface area contributed by atoms with Gasteiger partial charge in [0.2, 0.25) is 0 Å². The van der Waals surface area contributed by atoms with E-state index in [-0.39, 0.29) is 5.78 Å². The third kappa shape index (κ3) is 6.68. The molecule has 0 radical (unpaired) electrons. The molecule has 0 saturated heterocycles. The van der Waals surface area contributed by atoms with Crippen molar-refractivity contribution in [2.24, 2.45) is 0 Å². The van der Waals surface area contributed by atoms with Gasteiger partial charge in [-0.3, -0.25) is 4.79 Å². The van der Waals surface area contributed by atoms with Crippen LogP contribution in [0.15, 0.2) is 11.1 Å². The Morgan fingerprint density at radius 1 is 1.50 bits per heavy atom. The zero-order valence-electron chi connectivity index (χ0n) is 7.28. The summed E-state index contributed by atoms with van der Waals surface area (Å²) in [6, 6.07) is 0. The third-order valence-corrected chi connectivity index (χ3v) is 1.92. The first-order valence-corrected chi connectivity index (χ1v) is 5.04. The van der Waals surface area contributed by atoms with Crippen molar-refractivity contribution in [3.63, 3.8) is 0 Å². The van der Waals surface area contributed by atoms with Gasteiger partial charge in [0, 0.05) is 23.8 Å². The first-order chi connectivity index (χ1) is 5.70. The van der Waals surface area contributed by atoms with Crippen LogP contribution in [-0.4, -0.2) is 11.7 Å². The highest BCUT2D eigenvalue weighted by molar-refractivity contribution is 6.31. The topological polar surface area (TPSA) is 17.1 Å². The molecule has 1 nitrogen and oxygen atoms in total. The lowest BCUT2D eigenvalue weighted by molar-refractivity contribution is -0.118. The van der Waals surface area contributed by atoms with E-state index in [1.165, 1.54) is 0 Å². The number of carbonyl (C=O) groups excluding carboxylic acids is 1. The van der Waals surface area contributed by atoms with Crippen LogP contribution in [0.2, 0.25) is 0 Å². The molecule has 0 bridgehead atoms. The minimum absolute atomic E-state index is 0.197. The second-order valence-corrected chi connectivity index (χ2v) is 3.42. The quantitative estimate of drug-likeness (QED) is 0.612. The number of rotatable bonds is 6. The molecule has 0 rings (SSSR count). The Labute approximate surface area is 83.7 Å². The fraction of sp³-hybridized carbons (Fsp3) is 0.667. The minimum atomic E-state index is 0.197. The van der Waals surface area contributed by atoms with Gasteiger partial charge in [0.1, 0.15) is 5.78 Å². The molecule has 0 saturated carbocycles. The number of alkyl halides is 1. The van der Waals surface area contributed by atoms with Crippen LogP contribution in [-0.2, 0) is 4.79 Å². The first kappa shape index (κ1) is 12.0. The maximum atomic E-state index is 11.1. The van der Waals surface area contributed by atoms with E-state index in [1.807, 2.05) is 0 Å². The van der Waals surface area contributed by atoms with Gasteiger partial charge in [0.25, 0.3) is 0 Å². The number of ketones is 1. The summed E-state index contributed by atoms with van der Waals surface area (Å²) in [5.74, 6) is 0.572. The Hall–Kier alpha value is -0.0100. The standard InChI is InChI=1S/C9H14Cl2O/c1-2-3-4-9(12)7-8(11)5-6-10/h5H,2-4,6-7H2,1H3/b8-5-. The molecule has 12 heavy (non-hydrogen) atoms. The molecular weight excluding hydrogens is 195 g/mol. The van der Waals surface area contributed by atoms with Gasteiger partial charge in [-0.1, -0.05) is 31.0 Å². The van der Waals surface area contributed by atoms with Crippen LogP contribution in [0, 0.1) is 0 Å². The number of hydrogen-bond donors (Lipinski definition) is 0. The number of carbonyl (C=O) groups is 1. The molecule has 0 aliphatic rings. The normalized spacial score (nSPS) is 11.8. The highest BCUT2D eigenvalue weighted by Crippen LogP contribution is 2.10. The van der Waals surface area contributed by atoms with Crippen molar-refractivity contribution in [3.05, 3.63) is 11.1 Å². The molecule has 0 N–H and O–H groups in total. The Kier molecular flexibility index (Phi) is 7.62. The summed E-state index contributed by atoms with van der Waals surface area (Å²) < 4.78 is 0. The predicted molar refractivity (Wildman–Crippen MR) is 53.8 cm³/mol. The third-order valence-electron chi connectivity index (χ3n) is 1.47. The van der Waals surface area contributed by atoms with Crippen molar-refractivity contribution >= 4 is 29.0 Å². The van der Waals surface area contributed by atoms with Gasteiger partial charge in [-0.05, 0) is 6.42 Å². The molecule has 0 spiro atoms. The molecule has 70 valence electrons. The molecular formula is C9H14Cl2O. The van der Waals surface area contributed by atoms with Crippen LogP contribution in [0.1, 0.15) is 32.6 Å². The molecule has 0 aromatic carbocycles. The number of halogens is 2. The van der Waals surface area contributed by atoms with Crippen molar-refractivity contribution in [1.29, 1.82) is 0 Å².